The maximum atomic E-state index is 13.2. The zero-order chi connectivity index (χ0) is 14.9. The molecule has 20 heavy (non-hydrogen) atoms. The number of halogens is 3. The predicted octanol–water partition coefficient (Wildman–Crippen LogP) is 4.49. The van der Waals surface area contributed by atoms with E-state index in [0.29, 0.717) is 5.69 Å². The topological polar surface area (TPSA) is 29.1 Å². The first-order valence-corrected chi connectivity index (χ1v) is 6.29. The second kappa shape index (κ2) is 5.59. The number of rotatable bonds is 2. The molecule has 104 valence electrons. The van der Waals surface area contributed by atoms with E-state index >= 15 is 0 Å². The van der Waals surface area contributed by atoms with E-state index in [1.54, 1.807) is 6.07 Å². The molecule has 0 radical (unpaired) electrons. The molecule has 0 aliphatic heterocycles. The fourth-order valence-corrected chi connectivity index (χ4v) is 2.08. The Morgan fingerprint density at radius 1 is 1.10 bits per heavy atom. The van der Waals surface area contributed by atoms with Crippen LogP contribution >= 0.6 is 11.6 Å². The Bertz CT molecular complexity index is 686. The Kier molecular flexibility index (Phi) is 4.04. The maximum absolute atomic E-state index is 13.2. The molecular weight excluding hydrogens is 284 g/mol. The number of amides is 1. The number of hydrogen-bond acceptors (Lipinski definition) is 1. The highest BCUT2D eigenvalue weighted by atomic mass is 35.5. The van der Waals surface area contributed by atoms with E-state index in [-0.39, 0.29) is 10.6 Å². The van der Waals surface area contributed by atoms with Gasteiger partial charge in [0, 0.05) is 5.69 Å². The zero-order valence-corrected chi connectivity index (χ0v) is 11.7. The summed E-state index contributed by atoms with van der Waals surface area (Å²) in [5, 5.41) is 2.50. The summed E-state index contributed by atoms with van der Waals surface area (Å²) in [4.78, 5) is 12.1. The van der Waals surface area contributed by atoms with Crippen molar-refractivity contribution in [3.8, 4) is 0 Å². The Hall–Kier alpha value is -1.94. The Balaban J connectivity index is 2.31. The van der Waals surface area contributed by atoms with Crippen LogP contribution in [0, 0.1) is 25.5 Å². The Morgan fingerprint density at radius 3 is 2.40 bits per heavy atom. The molecule has 5 heteroatoms. The molecule has 2 nitrogen and oxygen atoms in total. The molecule has 2 aromatic rings. The fraction of sp³-hybridized carbons (Fsp3) is 0.133. The van der Waals surface area contributed by atoms with Crippen LogP contribution in [0.4, 0.5) is 14.5 Å². The maximum Gasteiger partial charge on any atom is 0.257 e. The van der Waals surface area contributed by atoms with Crippen molar-refractivity contribution in [2.75, 3.05) is 5.32 Å². The lowest BCUT2D eigenvalue weighted by molar-refractivity contribution is 0.102. The first-order valence-electron chi connectivity index (χ1n) is 5.91. The number of carbonyl (C=O) groups is 1. The molecule has 0 spiro atoms. The third kappa shape index (κ3) is 2.96. The molecule has 0 atom stereocenters. The summed E-state index contributed by atoms with van der Waals surface area (Å²) in [5.74, 6) is -2.78. The summed E-state index contributed by atoms with van der Waals surface area (Å²) in [6, 6.07) is 7.07. The van der Waals surface area contributed by atoms with E-state index in [0.717, 1.165) is 23.3 Å². The number of nitrogens with one attached hydrogen (secondary N) is 1. The van der Waals surface area contributed by atoms with Crippen LogP contribution in [0.1, 0.15) is 21.5 Å². The summed E-state index contributed by atoms with van der Waals surface area (Å²) >= 11 is 5.76. The first-order chi connectivity index (χ1) is 9.38. The van der Waals surface area contributed by atoms with Crippen molar-refractivity contribution in [2.45, 2.75) is 13.8 Å². The van der Waals surface area contributed by atoms with Crippen molar-refractivity contribution in [3.63, 3.8) is 0 Å². The third-order valence-corrected chi connectivity index (χ3v) is 3.20. The van der Waals surface area contributed by atoms with Gasteiger partial charge in [-0.2, -0.15) is 0 Å². The van der Waals surface area contributed by atoms with Crippen LogP contribution in [0.15, 0.2) is 30.3 Å². The summed E-state index contributed by atoms with van der Waals surface area (Å²) in [6.07, 6.45) is 0. The molecule has 0 aliphatic rings. The van der Waals surface area contributed by atoms with Crippen LogP contribution in [0.3, 0.4) is 0 Å². The van der Waals surface area contributed by atoms with Crippen molar-refractivity contribution >= 4 is 23.2 Å². The number of hydrogen-bond donors (Lipinski definition) is 1. The number of carbonyl (C=O) groups excluding carboxylic acids is 1. The van der Waals surface area contributed by atoms with Gasteiger partial charge in [0.15, 0.2) is 11.6 Å². The SMILES string of the molecule is Cc1ccc(NC(=O)c2cc(F)c(F)cc2Cl)c(C)c1. The smallest absolute Gasteiger partial charge is 0.257 e. The van der Waals surface area contributed by atoms with E-state index in [2.05, 4.69) is 5.32 Å². The van der Waals surface area contributed by atoms with Crippen molar-refractivity contribution in [2.24, 2.45) is 0 Å². The number of aryl methyl sites for hydroxylation is 2. The van der Waals surface area contributed by atoms with Crippen LogP contribution in [0.5, 0.6) is 0 Å². The van der Waals surface area contributed by atoms with Gasteiger partial charge in [0.2, 0.25) is 0 Å². The number of anilines is 1. The monoisotopic (exact) mass is 295 g/mol. The molecule has 0 aromatic heterocycles. The van der Waals surface area contributed by atoms with E-state index in [1.807, 2.05) is 26.0 Å². The van der Waals surface area contributed by atoms with Gasteiger partial charge in [-0.15, -0.1) is 0 Å². The molecule has 2 aromatic carbocycles. The fourth-order valence-electron chi connectivity index (χ4n) is 1.84. The largest absolute Gasteiger partial charge is 0.322 e. The van der Waals surface area contributed by atoms with Crippen molar-refractivity contribution in [1.29, 1.82) is 0 Å². The van der Waals surface area contributed by atoms with Crippen LogP contribution in [0.25, 0.3) is 0 Å². The minimum Gasteiger partial charge on any atom is -0.322 e. The van der Waals surface area contributed by atoms with Crippen molar-refractivity contribution < 1.29 is 13.6 Å². The van der Waals surface area contributed by atoms with Gasteiger partial charge in [0.1, 0.15) is 0 Å². The van der Waals surface area contributed by atoms with Gasteiger partial charge in [-0.1, -0.05) is 29.3 Å². The molecule has 0 saturated heterocycles. The van der Waals surface area contributed by atoms with Crippen LogP contribution in [-0.2, 0) is 0 Å². The zero-order valence-electron chi connectivity index (χ0n) is 10.9. The first kappa shape index (κ1) is 14.5. The highest BCUT2D eigenvalue weighted by molar-refractivity contribution is 6.34. The normalized spacial score (nSPS) is 10.4. The predicted molar refractivity (Wildman–Crippen MR) is 75.2 cm³/mol. The molecule has 1 amide bonds. The van der Waals surface area contributed by atoms with E-state index in [4.69, 9.17) is 11.6 Å². The highest BCUT2D eigenvalue weighted by Gasteiger charge is 2.15. The molecule has 0 aliphatic carbocycles. The van der Waals surface area contributed by atoms with Gasteiger partial charge in [-0.3, -0.25) is 4.79 Å². The second-order valence-electron chi connectivity index (χ2n) is 4.52. The quantitative estimate of drug-likeness (QED) is 0.813. The van der Waals surface area contributed by atoms with Gasteiger partial charge in [0.25, 0.3) is 5.91 Å². The minimum atomic E-state index is -1.11. The summed E-state index contributed by atoms with van der Waals surface area (Å²) in [7, 11) is 0. The Labute approximate surface area is 120 Å². The average Bonchev–Trinajstić information content (AvgIpc) is 2.37. The summed E-state index contributed by atoms with van der Waals surface area (Å²) < 4.78 is 26.1. The minimum absolute atomic E-state index is 0.106. The average molecular weight is 296 g/mol. The molecule has 0 bridgehead atoms. The Morgan fingerprint density at radius 2 is 1.75 bits per heavy atom. The molecular formula is C15H12ClF2NO. The summed E-state index contributed by atoms with van der Waals surface area (Å²) in [5.41, 5.74) is 2.43. The van der Waals surface area contributed by atoms with Gasteiger partial charge in [-0.05, 0) is 37.6 Å². The second-order valence-corrected chi connectivity index (χ2v) is 4.93. The van der Waals surface area contributed by atoms with Gasteiger partial charge in [0.05, 0.1) is 10.6 Å². The highest BCUT2D eigenvalue weighted by Crippen LogP contribution is 2.22. The van der Waals surface area contributed by atoms with Crippen molar-refractivity contribution in [3.05, 3.63) is 63.7 Å². The molecule has 0 fully saturated rings. The van der Waals surface area contributed by atoms with Gasteiger partial charge >= 0.3 is 0 Å². The lowest BCUT2D eigenvalue weighted by Gasteiger charge is -2.10. The lowest BCUT2D eigenvalue weighted by atomic mass is 10.1. The van der Waals surface area contributed by atoms with Crippen LogP contribution < -0.4 is 5.32 Å². The molecule has 0 saturated carbocycles. The lowest BCUT2D eigenvalue weighted by Crippen LogP contribution is -2.14. The molecule has 1 N–H and O–H groups in total. The third-order valence-electron chi connectivity index (χ3n) is 2.88. The molecule has 2 rings (SSSR count). The summed E-state index contributed by atoms with van der Waals surface area (Å²) in [6.45, 7) is 3.78. The number of benzene rings is 2. The van der Waals surface area contributed by atoms with Crippen LogP contribution in [-0.4, -0.2) is 5.91 Å². The van der Waals surface area contributed by atoms with E-state index < -0.39 is 17.5 Å². The van der Waals surface area contributed by atoms with E-state index in [9.17, 15) is 13.6 Å². The van der Waals surface area contributed by atoms with Crippen LogP contribution in [0.2, 0.25) is 5.02 Å². The van der Waals surface area contributed by atoms with Gasteiger partial charge < -0.3 is 5.32 Å². The van der Waals surface area contributed by atoms with Crippen molar-refractivity contribution in [1.82, 2.24) is 0 Å². The standard InChI is InChI=1S/C15H12ClF2NO/c1-8-3-4-14(9(2)5-8)19-15(20)10-6-12(17)13(18)7-11(10)16/h3-7H,1-2H3,(H,19,20). The van der Waals surface area contributed by atoms with E-state index in [1.165, 1.54) is 0 Å². The molecule has 0 heterocycles. The van der Waals surface area contributed by atoms with Gasteiger partial charge in [-0.25, -0.2) is 8.78 Å². The molecule has 0 unspecified atom stereocenters.